The number of fused-ring (bicyclic) bond motifs is 1. The van der Waals surface area contributed by atoms with E-state index in [4.69, 9.17) is 9.47 Å². The zero-order valence-corrected chi connectivity index (χ0v) is 19.5. The Labute approximate surface area is 200 Å². The number of anilines is 1. The number of carbonyl (C=O) groups excluding carboxylic acids is 2. The zero-order chi connectivity index (χ0) is 25.3. The lowest BCUT2D eigenvalue weighted by molar-refractivity contribution is -0.137. The summed E-state index contributed by atoms with van der Waals surface area (Å²) in [6.07, 6.45) is -2.88. The minimum Gasteiger partial charge on any atom is -0.497 e. The number of methoxy groups -OCH3 is 2. The molecule has 2 atom stereocenters. The van der Waals surface area contributed by atoms with E-state index in [1.807, 2.05) is 0 Å². The second-order valence-corrected chi connectivity index (χ2v) is 8.52. The molecule has 184 valence electrons. The Kier molecular flexibility index (Phi) is 6.69. The number of allylic oxidation sites excluding steroid dienone is 1. The largest absolute Gasteiger partial charge is 0.497 e. The molecule has 0 aromatic heterocycles. The van der Waals surface area contributed by atoms with Crippen molar-refractivity contribution in [3.8, 4) is 11.5 Å². The van der Waals surface area contributed by atoms with Gasteiger partial charge in [0, 0.05) is 46.6 Å². The van der Waals surface area contributed by atoms with Gasteiger partial charge in [0.2, 0.25) is 0 Å². The number of hydrogen-bond acceptors (Lipinski definition) is 5. The van der Waals surface area contributed by atoms with Gasteiger partial charge in [-0.05, 0) is 44.0 Å². The van der Waals surface area contributed by atoms with Gasteiger partial charge in [-0.1, -0.05) is 12.1 Å². The smallest absolute Gasteiger partial charge is 0.416 e. The normalized spacial score (nSPS) is 20.2. The Morgan fingerprint density at radius 2 is 1.83 bits per heavy atom. The summed E-state index contributed by atoms with van der Waals surface area (Å²) < 4.78 is 50.4. The highest BCUT2D eigenvalue weighted by molar-refractivity contribution is 6.14. The molecule has 1 aliphatic heterocycles. The first-order valence-electron chi connectivity index (χ1n) is 11.2. The van der Waals surface area contributed by atoms with Crippen molar-refractivity contribution in [3.05, 3.63) is 64.9 Å². The highest BCUT2D eigenvalue weighted by atomic mass is 19.4. The van der Waals surface area contributed by atoms with E-state index in [0.717, 1.165) is 12.1 Å². The summed E-state index contributed by atoms with van der Waals surface area (Å²) in [5.74, 6) is -1.04. The molecule has 2 aromatic carbocycles. The molecule has 1 fully saturated rings. The summed E-state index contributed by atoms with van der Waals surface area (Å²) in [4.78, 5) is 31.2. The van der Waals surface area contributed by atoms with Crippen molar-refractivity contribution in [1.82, 2.24) is 0 Å². The number of ketones is 1. The van der Waals surface area contributed by atoms with Crippen LogP contribution in [0.4, 0.5) is 18.9 Å². The van der Waals surface area contributed by atoms with Crippen molar-refractivity contribution in [3.63, 3.8) is 0 Å². The number of aliphatic imine (C=N–C) groups is 1. The number of halogens is 3. The van der Waals surface area contributed by atoms with Crippen LogP contribution < -0.4 is 14.8 Å². The van der Waals surface area contributed by atoms with Gasteiger partial charge in [0.1, 0.15) is 17.3 Å². The average Bonchev–Trinajstić information content (AvgIpc) is 2.82. The van der Waals surface area contributed by atoms with E-state index in [1.165, 1.54) is 26.4 Å². The van der Waals surface area contributed by atoms with Crippen LogP contribution in [0.3, 0.4) is 0 Å². The SMILES string of the molecule is COc1ccc([C@@H]2C(C(=O)Nc3cccc(C(F)(F)F)c3)=C(C)N=C3CCCC(=O)[C@H]32)c(OC)c1. The molecule has 6 nitrogen and oxygen atoms in total. The third-order valence-electron chi connectivity index (χ3n) is 6.38. The second-order valence-electron chi connectivity index (χ2n) is 8.52. The predicted molar refractivity (Wildman–Crippen MR) is 125 cm³/mol. The lowest BCUT2D eigenvalue weighted by atomic mass is 9.69. The van der Waals surface area contributed by atoms with Gasteiger partial charge in [0.15, 0.2) is 0 Å². The van der Waals surface area contributed by atoms with Gasteiger partial charge in [0.25, 0.3) is 5.91 Å². The Hall–Kier alpha value is -3.62. The number of Topliss-reactive ketones (excluding diaryl/α,β-unsaturated/α-hetero) is 1. The third kappa shape index (κ3) is 4.80. The van der Waals surface area contributed by atoms with Crippen LogP contribution >= 0.6 is 0 Å². The van der Waals surface area contributed by atoms with Crippen LogP contribution in [0.5, 0.6) is 11.5 Å². The van der Waals surface area contributed by atoms with Crippen molar-refractivity contribution in [2.75, 3.05) is 19.5 Å². The van der Waals surface area contributed by atoms with Crippen LogP contribution in [-0.2, 0) is 15.8 Å². The van der Waals surface area contributed by atoms with Gasteiger partial charge in [0.05, 0.1) is 25.7 Å². The zero-order valence-electron chi connectivity index (χ0n) is 19.5. The third-order valence-corrected chi connectivity index (χ3v) is 6.38. The van der Waals surface area contributed by atoms with Crippen molar-refractivity contribution >= 4 is 23.1 Å². The molecule has 9 heteroatoms. The number of rotatable bonds is 5. The fourth-order valence-electron chi connectivity index (χ4n) is 4.80. The minimum atomic E-state index is -4.55. The van der Waals surface area contributed by atoms with Gasteiger partial charge >= 0.3 is 6.18 Å². The fraction of sp³-hybridized carbons (Fsp3) is 0.346. The number of ether oxygens (including phenoxy) is 2. The second kappa shape index (κ2) is 9.56. The molecule has 0 bridgehead atoms. The molecular formula is C26H25F3N2O4. The molecule has 0 radical (unpaired) electrons. The first-order chi connectivity index (χ1) is 16.6. The summed E-state index contributed by atoms with van der Waals surface area (Å²) in [6.45, 7) is 1.67. The van der Waals surface area contributed by atoms with E-state index in [1.54, 1.807) is 25.1 Å². The monoisotopic (exact) mass is 486 g/mol. The number of nitrogens with zero attached hydrogens (tertiary/aromatic N) is 1. The standard InChI is InChI=1S/C26H25F3N2O4/c1-14-22(25(33)31-16-7-4-6-15(12-16)26(27,28)29)23(24-19(30-14)8-5-9-20(24)32)18-11-10-17(34-2)13-21(18)35-3/h4,6-7,10-13,23-24H,5,8-9H2,1-3H3,(H,31,33)/t23-,24+/m1/s1. The van der Waals surface area contributed by atoms with E-state index in [2.05, 4.69) is 10.3 Å². The number of nitrogens with one attached hydrogen (secondary N) is 1. The van der Waals surface area contributed by atoms with Gasteiger partial charge in [-0.15, -0.1) is 0 Å². The summed E-state index contributed by atoms with van der Waals surface area (Å²) in [6, 6.07) is 9.56. The molecule has 1 saturated carbocycles. The van der Waals surface area contributed by atoms with Crippen LogP contribution in [0, 0.1) is 5.92 Å². The molecule has 1 aliphatic carbocycles. The number of alkyl halides is 3. The van der Waals surface area contributed by atoms with E-state index in [0.29, 0.717) is 47.7 Å². The Morgan fingerprint density at radius 1 is 1.06 bits per heavy atom. The molecule has 0 unspecified atom stereocenters. The van der Waals surface area contributed by atoms with Crippen LogP contribution in [0.2, 0.25) is 0 Å². The fourth-order valence-corrected chi connectivity index (χ4v) is 4.80. The van der Waals surface area contributed by atoms with Crippen molar-refractivity contribution in [2.24, 2.45) is 10.9 Å². The summed E-state index contributed by atoms with van der Waals surface area (Å²) in [5.41, 5.74) is 1.07. The Morgan fingerprint density at radius 3 is 2.51 bits per heavy atom. The van der Waals surface area contributed by atoms with Crippen molar-refractivity contribution < 1.29 is 32.2 Å². The molecule has 1 N–H and O–H groups in total. The summed E-state index contributed by atoms with van der Waals surface area (Å²) in [5, 5.41) is 2.58. The van der Waals surface area contributed by atoms with Crippen molar-refractivity contribution in [2.45, 2.75) is 38.3 Å². The van der Waals surface area contributed by atoms with Crippen LogP contribution in [0.15, 0.2) is 58.7 Å². The lowest BCUT2D eigenvalue weighted by Crippen LogP contribution is -2.39. The molecule has 1 amide bonds. The van der Waals surface area contributed by atoms with Crippen LogP contribution in [0.25, 0.3) is 0 Å². The molecule has 1 heterocycles. The number of benzene rings is 2. The van der Waals surface area contributed by atoms with E-state index < -0.39 is 29.5 Å². The molecule has 2 aromatic rings. The quantitative estimate of drug-likeness (QED) is 0.602. The molecule has 0 spiro atoms. The van der Waals surface area contributed by atoms with E-state index >= 15 is 0 Å². The Bertz CT molecular complexity index is 1230. The predicted octanol–water partition coefficient (Wildman–Crippen LogP) is 5.54. The van der Waals surface area contributed by atoms with Gasteiger partial charge < -0.3 is 14.8 Å². The van der Waals surface area contributed by atoms with Crippen molar-refractivity contribution in [1.29, 1.82) is 0 Å². The minimum absolute atomic E-state index is 0.00434. The maximum atomic E-state index is 13.5. The Balaban J connectivity index is 1.81. The number of amides is 1. The van der Waals surface area contributed by atoms with E-state index in [-0.39, 0.29) is 17.0 Å². The summed E-state index contributed by atoms with van der Waals surface area (Å²) >= 11 is 0. The molecule has 4 rings (SSSR count). The van der Waals surface area contributed by atoms with Gasteiger partial charge in [-0.25, -0.2) is 0 Å². The maximum absolute atomic E-state index is 13.5. The topological polar surface area (TPSA) is 77.0 Å². The van der Waals surface area contributed by atoms with Crippen LogP contribution in [0.1, 0.15) is 43.2 Å². The average molecular weight is 486 g/mol. The molecule has 2 aliphatic rings. The highest BCUT2D eigenvalue weighted by Gasteiger charge is 2.44. The first-order valence-corrected chi connectivity index (χ1v) is 11.2. The van der Waals surface area contributed by atoms with Gasteiger partial charge in [-0.3, -0.25) is 14.6 Å². The number of carbonyl (C=O) groups is 2. The van der Waals surface area contributed by atoms with E-state index in [9.17, 15) is 22.8 Å². The van der Waals surface area contributed by atoms with Crippen LogP contribution in [-0.4, -0.2) is 31.6 Å². The molecular weight excluding hydrogens is 461 g/mol. The molecule has 0 saturated heterocycles. The van der Waals surface area contributed by atoms with Gasteiger partial charge in [-0.2, -0.15) is 13.2 Å². The lowest BCUT2D eigenvalue weighted by Gasteiger charge is -2.36. The maximum Gasteiger partial charge on any atom is 0.416 e. The number of hydrogen-bond donors (Lipinski definition) is 1. The first kappa shape index (κ1) is 24.5. The highest BCUT2D eigenvalue weighted by Crippen LogP contribution is 2.46. The summed E-state index contributed by atoms with van der Waals surface area (Å²) in [7, 11) is 3.00. The molecule has 35 heavy (non-hydrogen) atoms.